The fourth-order valence-electron chi connectivity index (χ4n) is 1.71. The van der Waals surface area contributed by atoms with Crippen LogP contribution in [0.5, 0.6) is 0 Å². The molecule has 0 aliphatic rings. The largest absolute Gasteiger partial charge is 0.463 e. The lowest BCUT2D eigenvalue weighted by Gasteiger charge is -2.09. The van der Waals surface area contributed by atoms with Crippen LogP contribution in [0.3, 0.4) is 0 Å². The van der Waals surface area contributed by atoms with Crippen molar-refractivity contribution in [2.24, 2.45) is 0 Å². The van der Waals surface area contributed by atoms with Crippen LogP contribution in [0.25, 0.3) is 0 Å². The van der Waals surface area contributed by atoms with E-state index in [1.807, 2.05) is 6.92 Å². The van der Waals surface area contributed by atoms with Crippen LogP contribution in [-0.2, 0) is 9.53 Å². The van der Waals surface area contributed by atoms with Crippen molar-refractivity contribution in [3.63, 3.8) is 0 Å². The quantitative estimate of drug-likeness (QED) is 0.309. The van der Waals surface area contributed by atoms with E-state index in [0.717, 1.165) is 12.8 Å². The molecule has 0 amide bonds. The molecule has 21 heavy (non-hydrogen) atoms. The van der Waals surface area contributed by atoms with Gasteiger partial charge in [0.05, 0.1) is 18.8 Å². The first-order valence-electron chi connectivity index (χ1n) is 7.46. The number of aliphatic hydroxyl groups excluding tert-OH is 4. The van der Waals surface area contributed by atoms with Gasteiger partial charge in [0.15, 0.2) is 0 Å². The number of aliphatic hydroxyl groups is 4. The molecule has 0 bridgehead atoms. The molecule has 0 fully saturated rings. The van der Waals surface area contributed by atoms with Crippen LogP contribution in [0.15, 0.2) is 12.2 Å². The maximum absolute atomic E-state index is 11.3. The van der Waals surface area contributed by atoms with Gasteiger partial charge in [0, 0.05) is 6.42 Å². The molecule has 0 spiro atoms. The summed E-state index contributed by atoms with van der Waals surface area (Å²) in [6.45, 7) is 1.34. The summed E-state index contributed by atoms with van der Waals surface area (Å²) in [5, 5.41) is 36.7. The third-order valence-electron chi connectivity index (χ3n) is 2.92. The number of hydrogen-bond donors (Lipinski definition) is 4. The molecule has 0 aromatic carbocycles. The first kappa shape index (κ1) is 20.1. The predicted octanol–water partition coefficient (Wildman–Crippen LogP) is 0.521. The topological polar surface area (TPSA) is 107 Å². The first-order valence-corrected chi connectivity index (χ1v) is 7.46. The summed E-state index contributed by atoms with van der Waals surface area (Å²) in [7, 11) is 0. The molecule has 0 rings (SSSR count). The van der Waals surface area contributed by atoms with Crippen molar-refractivity contribution in [1.29, 1.82) is 0 Å². The van der Waals surface area contributed by atoms with Gasteiger partial charge in [-0.1, -0.05) is 25.5 Å². The molecule has 0 radical (unpaired) electrons. The van der Waals surface area contributed by atoms with E-state index >= 15 is 0 Å². The lowest BCUT2D eigenvalue weighted by molar-refractivity contribution is -0.147. The smallest absolute Gasteiger partial charge is 0.305 e. The second-order valence-electron chi connectivity index (χ2n) is 5.09. The first-order chi connectivity index (χ1) is 9.99. The van der Waals surface area contributed by atoms with E-state index in [9.17, 15) is 15.0 Å². The average Bonchev–Trinajstić information content (AvgIpc) is 2.45. The van der Waals surface area contributed by atoms with E-state index in [1.165, 1.54) is 0 Å². The molecule has 0 aliphatic heterocycles. The van der Waals surface area contributed by atoms with E-state index in [4.69, 9.17) is 14.9 Å². The third kappa shape index (κ3) is 12.5. The Bertz CT molecular complexity index is 292. The van der Waals surface area contributed by atoms with Crippen LogP contribution >= 0.6 is 0 Å². The Kier molecular flexibility index (Phi) is 12.2. The van der Waals surface area contributed by atoms with Gasteiger partial charge in [-0.25, -0.2) is 0 Å². The van der Waals surface area contributed by atoms with E-state index < -0.39 is 24.8 Å². The summed E-state index contributed by atoms with van der Waals surface area (Å²) >= 11 is 0. The van der Waals surface area contributed by atoms with Crippen molar-refractivity contribution in [2.45, 2.75) is 63.8 Å². The van der Waals surface area contributed by atoms with Gasteiger partial charge in [-0.05, 0) is 25.7 Å². The molecule has 0 aromatic heterocycles. The molecule has 1 unspecified atom stereocenters. The van der Waals surface area contributed by atoms with Gasteiger partial charge in [0.1, 0.15) is 12.7 Å². The van der Waals surface area contributed by atoms with Crippen molar-refractivity contribution in [3.8, 4) is 0 Å². The van der Waals surface area contributed by atoms with E-state index in [2.05, 4.69) is 0 Å². The molecule has 3 atom stereocenters. The van der Waals surface area contributed by atoms with Crippen LogP contribution < -0.4 is 0 Å². The van der Waals surface area contributed by atoms with Gasteiger partial charge in [-0.15, -0.1) is 0 Å². The summed E-state index contributed by atoms with van der Waals surface area (Å²) in [5.74, 6) is -0.461. The standard InChI is InChI=1S/C15H28O6/c1-2-5-12(17)6-3-7-13(18)8-4-9-15(20)21-11-14(19)10-16/h3,7,12-14,16-19H,2,4-6,8-11H2,1H3/b7-3+/t12-,13+,14?/m0/s1. The zero-order valence-electron chi connectivity index (χ0n) is 12.6. The van der Waals surface area contributed by atoms with Crippen LogP contribution in [0.2, 0.25) is 0 Å². The fourth-order valence-corrected chi connectivity index (χ4v) is 1.71. The number of ether oxygens (including phenoxy) is 1. The highest BCUT2D eigenvalue weighted by atomic mass is 16.5. The number of hydrogen-bond acceptors (Lipinski definition) is 6. The molecule has 0 saturated heterocycles. The van der Waals surface area contributed by atoms with Crippen molar-refractivity contribution < 1.29 is 30.0 Å². The zero-order valence-corrected chi connectivity index (χ0v) is 12.6. The SMILES string of the molecule is CCC[C@H](O)C/C=C/[C@@H](O)CCCC(=O)OCC(O)CO. The third-order valence-corrected chi connectivity index (χ3v) is 2.92. The summed E-state index contributed by atoms with van der Waals surface area (Å²) in [5.41, 5.74) is 0. The van der Waals surface area contributed by atoms with Gasteiger partial charge in [0.25, 0.3) is 0 Å². The minimum absolute atomic E-state index is 0.154. The number of esters is 1. The molecule has 0 heterocycles. The molecule has 124 valence electrons. The van der Waals surface area contributed by atoms with E-state index in [-0.39, 0.29) is 19.1 Å². The lowest BCUT2D eigenvalue weighted by atomic mass is 10.1. The van der Waals surface area contributed by atoms with Crippen LogP contribution in [0.4, 0.5) is 0 Å². The molecule has 4 N–H and O–H groups in total. The van der Waals surface area contributed by atoms with Gasteiger partial charge in [0.2, 0.25) is 0 Å². The molecular weight excluding hydrogens is 276 g/mol. The van der Waals surface area contributed by atoms with Crippen molar-refractivity contribution >= 4 is 5.97 Å². The maximum atomic E-state index is 11.3. The molecule has 0 saturated carbocycles. The molecule has 6 nitrogen and oxygen atoms in total. The number of rotatable bonds is 12. The molecule has 6 heteroatoms. The molecule has 0 aliphatic carbocycles. The van der Waals surface area contributed by atoms with Crippen molar-refractivity contribution in [2.75, 3.05) is 13.2 Å². The van der Waals surface area contributed by atoms with Crippen molar-refractivity contribution in [1.82, 2.24) is 0 Å². The minimum Gasteiger partial charge on any atom is -0.463 e. The molecular formula is C15H28O6. The lowest BCUT2D eigenvalue weighted by Crippen LogP contribution is -2.21. The van der Waals surface area contributed by atoms with Crippen LogP contribution in [-0.4, -0.2) is 57.9 Å². The van der Waals surface area contributed by atoms with Crippen molar-refractivity contribution in [3.05, 3.63) is 12.2 Å². The van der Waals surface area contributed by atoms with Gasteiger partial charge in [-0.3, -0.25) is 4.79 Å². The average molecular weight is 304 g/mol. The van der Waals surface area contributed by atoms with E-state index in [0.29, 0.717) is 19.3 Å². The zero-order chi connectivity index (χ0) is 16.1. The fraction of sp³-hybridized carbons (Fsp3) is 0.800. The van der Waals surface area contributed by atoms with E-state index in [1.54, 1.807) is 12.2 Å². The van der Waals surface area contributed by atoms with Crippen LogP contribution in [0.1, 0.15) is 45.4 Å². The monoisotopic (exact) mass is 304 g/mol. The summed E-state index contributed by atoms with van der Waals surface area (Å²) in [6, 6.07) is 0. The summed E-state index contributed by atoms with van der Waals surface area (Å²) in [4.78, 5) is 11.3. The highest BCUT2D eigenvalue weighted by Gasteiger charge is 2.08. The Labute approximate surface area is 126 Å². The molecule has 0 aromatic rings. The number of carbonyl (C=O) groups excluding carboxylic acids is 1. The Morgan fingerprint density at radius 2 is 1.90 bits per heavy atom. The highest BCUT2D eigenvalue weighted by molar-refractivity contribution is 5.69. The normalized spacial score (nSPS) is 15.9. The summed E-state index contributed by atoms with van der Waals surface area (Å²) < 4.78 is 4.73. The Morgan fingerprint density at radius 1 is 1.19 bits per heavy atom. The minimum atomic E-state index is -1.04. The van der Waals surface area contributed by atoms with Crippen LogP contribution in [0, 0.1) is 0 Å². The maximum Gasteiger partial charge on any atom is 0.305 e. The highest BCUT2D eigenvalue weighted by Crippen LogP contribution is 2.06. The van der Waals surface area contributed by atoms with Gasteiger partial charge < -0.3 is 25.2 Å². The second kappa shape index (κ2) is 12.8. The summed E-state index contributed by atoms with van der Waals surface area (Å²) in [6.07, 6.45) is 4.55. The number of carbonyl (C=O) groups is 1. The Balaban J connectivity index is 3.66. The van der Waals surface area contributed by atoms with Gasteiger partial charge in [-0.2, -0.15) is 0 Å². The van der Waals surface area contributed by atoms with Gasteiger partial charge >= 0.3 is 5.97 Å². The Hall–Kier alpha value is -0.950. The second-order valence-corrected chi connectivity index (χ2v) is 5.09. The predicted molar refractivity (Wildman–Crippen MR) is 78.6 cm³/mol. The Morgan fingerprint density at radius 3 is 2.52 bits per heavy atom.